The summed E-state index contributed by atoms with van der Waals surface area (Å²) >= 11 is 3.40. The third kappa shape index (κ3) is 3.22. The molecule has 5 heteroatoms. The van der Waals surface area contributed by atoms with E-state index in [-0.39, 0.29) is 6.04 Å². The zero-order valence-electron chi connectivity index (χ0n) is 10.4. The van der Waals surface area contributed by atoms with E-state index < -0.39 is 5.79 Å². The van der Waals surface area contributed by atoms with Crippen molar-refractivity contribution in [2.45, 2.75) is 25.7 Å². The first-order valence-corrected chi connectivity index (χ1v) is 6.53. The van der Waals surface area contributed by atoms with Crippen LogP contribution < -0.4 is 5.32 Å². The Morgan fingerprint density at radius 3 is 2.67 bits per heavy atom. The minimum absolute atomic E-state index is 0.0550. The predicted octanol–water partition coefficient (Wildman–Crippen LogP) is 2.88. The maximum atomic E-state index is 9.05. The van der Waals surface area contributed by atoms with E-state index in [0.29, 0.717) is 18.8 Å². The average Bonchev–Trinajstić information content (AvgIpc) is 2.32. The third-order valence-electron chi connectivity index (χ3n) is 2.73. The smallest absolute Gasteiger partial charge is 0.162 e. The van der Waals surface area contributed by atoms with Crippen LogP contribution >= 0.6 is 15.9 Å². The largest absolute Gasteiger partial charge is 0.377 e. The van der Waals surface area contributed by atoms with Gasteiger partial charge in [0.1, 0.15) is 6.07 Å². The number of halogens is 1. The molecule has 1 saturated heterocycles. The summed E-state index contributed by atoms with van der Waals surface area (Å²) in [5.41, 5.74) is 1.41. The van der Waals surface area contributed by atoms with Gasteiger partial charge >= 0.3 is 0 Å². The van der Waals surface area contributed by atoms with E-state index in [0.717, 1.165) is 10.2 Å². The second-order valence-corrected chi connectivity index (χ2v) is 5.58. The van der Waals surface area contributed by atoms with Crippen molar-refractivity contribution in [2.24, 2.45) is 0 Å². The van der Waals surface area contributed by atoms with Gasteiger partial charge in [0, 0.05) is 4.47 Å². The van der Waals surface area contributed by atoms with Crippen molar-refractivity contribution >= 4 is 21.6 Å². The molecule has 0 amide bonds. The van der Waals surface area contributed by atoms with E-state index in [4.69, 9.17) is 14.7 Å². The Hall–Kier alpha value is -1.09. The van der Waals surface area contributed by atoms with Crippen LogP contribution in [0.1, 0.15) is 19.4 Å². The van der Waals surface area contributed by atoms with Crippen molar-refractivity contribution < 1.29 is 9.47 Å². The van der Waals surface area contributed by atoms with Gasteiger partial charge in [-0.15, -0.1) is 0 Å². The summed E-state index contributed by atoms with van der Waals surface area (Å²) in [5, 5.41) is 12.3. The van der Waals surface area contributed by atoms with Crippen LogP contribution in [-0.2, 0) is 9.47 Å². The van der Waals surface area contributed by atoms with E-state index in [2.05, 4.69) is 27.3 Å². The van der Waals surface area contributed by atoms with E-state index in [9.17, 15) is 0 Å². The Morgan fingerprint density at radius 1 is 1.39 bits per heavy atom. The van der Waals surface area contributed by atoms with Crippen molar-refractivity contribution in [1.29, 1.82) is 5.26 Å². The molecule has 1 fully saturated rings. The van der Waals surface area contributed by atoms with E-state index in [1.807, 2.05) is 26.0 Å². The maximum Gasteiger partial charge on any atom is 0.162 e. The first-order valence-electron chi connectivity index (χ1n) is 5.74. The number of hydrogen-bond acceptors (Lipinski definition) is 4. The molecule has 1 aliphatic heterocycles. The van der Waals surface area contributed by atoms with E-state index in [1.165, 1.54) is 0 Å². The fraction of sp³-hybridized carbons (Fsp3) is 0.462. The third-order valence-corrected chi connectivity index (χ3v) is 3.22. The molecule has 96 valence electrons. The van der Waals surface area contributed by atoms with Crippen LogP contribution in [0, 0.1) is 11.3 Å². The number of nitrogens with zero attached hydrogens (tertiary/aromatic N) is 1. The number of benzene rings is 1. The molecule has 0 atom stereocenters. The van der Waals surface area contributed by atoms with Gasteiger partial charge in [-0.25, -0.2) is 0 Å². The molecule has 1 aromatic rings. The van der Waals surface area contributed by atoms with Crippen LogP contribution in [0.3, 0.4) is 0 Å². The van der Waals surface area contributed by atoms with Gasteiger partial charge in [0.15, 0.2) is 5.79 Å². The number of nitriles is 1. The lowest BCUT2D eigenvalue weighted by molar-refractivity contribution is -0.247. The van der Waals surface area contributed by atoms with Crippen LogP contribution in [0.25, 0.3) is 0 Å². The lowest BCUT2D eigenvalue weighted by Gasteiger charge is -2.35. The molecule has 1 heterocycles. The number of hydrogen-bond donors (Lipinski definition) is 1. The number of anilines is 1. The average molecular weight is 311 g/mol. The van der Waals surface area contributed by atoms with Gasteiger partial charge in [-0.3, -0.25) is 0 Å². The van der Waals surface area contributed by atoms with Crippen LogP contribution in [0.5, 0.6) is 0 Å². The quantitative estimate of drug-likeness (QED) is 0.912. The molecule has 4 nitrogen and oxygen atoms in total. The molecule has 0 radical (unpaired) electrons. The lowest BCUT2D eigenvalue weighted by atomic mass is 10.1. The summed E-state index contributed by atoms with van der Waals surface area (Å²) < 4.78 is 12.1. The van der Waals surface area contributed by atoms with Crippen molar-refractivity contribution in [3.63, 3.8) is 0 Å². The summed E-state index contributed by atoms with van der Waals surface area (Å²) in [7, 11) is 0. The Labute approximate surface area is 115 Å². The fourth-order valence-corrected chi connectivity index (χ4v) is 2.09. The van der Waals surface area contributed by atoms with E-state index >= 15 is 0 Å². The highest BCUT2D eigenvalue weighted by Crippen LogP contribution is 2.24. The van der Waals surface area contributed by atoms with Crippen LogP contribution in [0.2, 0.25) is 0 Å². The molecule has 0 aromatic heterocycles. The molecule has 2 rings (SSSR count). The highest BCUT2D eigenvalue weighted by atomic mass is 79.9. The minimum Gasteiger partial charge on any atom is -0.377 e. The molecule has 0 saturated carbocycles. The zero-order chi connectivity index (χ0) is 13.2. The zero-order valence-corrected chi connectivity index (χ0v) is 12.0. The first-order chi connectivity index (χ1) is 8.50. The van der Waals surface area contributed by atoms with Crippen LogP contribution in [0.15, 0.2) is 22.7 Å². The normalized spacial score (nSPS) is 19.2. The van der Waals surface area contributed by atoms with Gasteiger partial charge in [-0.2, -0.15) is 5.26 Å². The number of ether oxygens (including phenoxy) is 2. The molecule has 1 aliphatic rings. The topological polar surface area (TPSA) is 54.3 Å². The SMILES string of the molecule is CC1(C)OCC(Nc2cc(Br)ccc2C#N)CO1. The molecular formula is C13H15BrN2O2. The second kappa shape index (κ2) is 5.27. The van der Waals surface area contributed by atoms with Gasteiger partial charge in [0.2, 0.25) is 0 Å². The summed E-state index contributed by atoms with van der Waals surface area (Å²) in [4.78, 5) is 0. The number of rotatable bonds is 2. The van der Waals surface area contributed by atoms with Gasteiger partial charge in [0.05, 0.1) is 30.5 Å². The van der Waals surface area contributed by atoms with Gasteiger partial charge in [0.25, 0.3) is 0 Å². The summed E-state index contributed by atoms with van der Waals surface area (Å²) in [6.45, 7) is 4.90. The lowest BCUT2D eigenvalue weighted by Crippen LogP contribution is -2.45. The second-order valence-electron chi connectivity index (χ2n) is 4.66. The molecule has 0 aliphatic carbocycles. The van der Waals surface area contributed by atoms with Gasteiger partial charge in [-0.05, 0) is 32.0 Å². The molecule has 0 bridgehead atoms. The van der Waals surface area contributed by atoms with Crippen LogP contribution in [-0.4, -0.2) is 25.0 Å². The first kappa shape index (κ1) is 13.3. The molecule has 1 N–H and O–H groups in total. The standard InChI is InChI=1S/C13H15BrN2O2/c1-13(2)17-7-11(8-18-13)16-12-5-10(14)4-3-9(12)6-15/h3-5,11,16H,7-8H2,1-2H3. The van der Waals surface area contributed by atoms with E-state index in [1.54, 1.807) is 6.07 Å². The fourth-order valence-electron chi connectivity index (χ4n) is 1.73. The Kier molecular flexibility index (Phi) is 3.91. The summed E-state index contributed by atoms with van der Waals surface area (Å²) in [5.74, 6) is -0.520. The highest BCUT2D eigenvalue weighted by Gasteiger charge is 2.28. The molecular weight excluding hydrogens is 296 g/mol. The summed E-state index contributed by atoms with van der Waals surface area (Å²) in [6, 6.07) is 7.73. The van der Waals surface area contributed by atoms with Crippen LogP contribution in [0.4, 0.5) is 5.69 Å². The van der Waals surface area contributed by atoms with Gasteiger partial charge < -0.3 is 14.8 Å². The monoisotopic (exact) mass is 310 g/mol. The summed E-state index contributed by atoms with van der Waals surface area (Å²) in [6.07, 6.45) is 0. The Balaban J connectivity index is 2.07. The maximum absolute atomic E-state index is 9.05. The number of nitrogens with one attached hydrogen (secondary N) is 1. The molecule has 18 heavy (non-hydrogen) atoms. The Morgan fingerprint density at radius 2 is 2.06 bits per heavy atom. The van der Waals surface area contributed by atoms with Crippen molar-refractivity contribution in [1.82, 2.24) is 0 Å². The molecule has 1 aromatic carbocycles. The van der Waals surface area contributed by atoms with Crippen molar-refractivity contribution in [3.05, 3.63) is 28.2 Å². The van der Waals surface area contributed by atoms with Crippen molar-refractivity contribution in [3.8, 4) is 6.07 Å². The highest BCUT2D eigenvalue weighted by molar-refractivity contribution is 9.10. The molecule has 0 spiro atoms. The van der Waals surface area contributed by atoms with Crippen molar-refractivity contribution in [2.75, 3.05) is 18.5 Å². The minimum atomic E-state index is -0.520. The Bertz CT molecular complexity index is 472. The molecule has 0 unspecified atom stereocenters. The van der Waals surface area contributed by atoms with Gasteiger partial charge in [-0.1, -0.05) is 15.9 Å². The predicted molar refractivity (Wildman–Crippen MR) is 72.3 cm³/mol.